The smallest absolute Gasteiger partial charge is 0.249 e. The summed E-state index contributed by atoms with van der Waals surface area (Å²) in [6.45, 7) is 4.04. The summed E-state index contributed by atoms with van der Waals surface area (Å²) in [6.07, 6.45) is -1.56. The molecule has 146 valence electrons. The number of hydrogen-bond donors (Lipinski definition) is 2. The third-order valence-corrected chi connectivity index (χ3v) is 3.74. The van der Waals surface area contributed by atoms with Crippen LogP contribution in [0, 0.1) is 0 Å². The van der Waals surface area contributed by atoms with Crippen LogP contribution in [0.4, 0.5) is 8.78 Å². The molecule has 0 spiro atoms. The van der Waals surface area contributed by atoms with E-state index in [2.05, 4.69) is 10.5 Å². The van der Waals surface area contributed by atoms with Gasteiger partial charge in [-0.3, -0.25) is 14.4 Å². The van der Waals surface area contributed by atoms with Crippen molar-refractivity contribution in [1.82, 2.24) is 10.5 Å². The molecule has 1 aromatic rings. The molecule has 3 N–H and O–H groups in total. The van der Waals surface area contributed by atoms with Crippen LogP contribution >= 0.6 is 0 Å². The van der Waals surface area contributed by atoms with Gasteiger partial charge in [-0.05, 0) is 6.42 Å². The Hall–Kier alpha value is -2.32. The van der Waals surface area contributed by atoms with E-state index in [9.17, 15) is 23.2 Å². The molecule has 7 nitrogen and oxygen atoms in total. The van der Waals surface area contributed by atoms with Gasteiger partial charge in [0.05, 0.1) is 0 Å². The standard InChI is InChI=1S/C17H25F2N3O4/c1-11(2)14-10-12(22-26-14)13(23)4-3-9-21-16(25)6-8-17(18,19)7-5-15(20)24/h10-11H,3-9H2,1-2H3,(H2,20,24)(H,21,25). The van der Waals surface area contributed by atoms with Gasteiger partial charge in [0.15, 0.2) is 5.78 Å². The number of amides is 2. The highest BCUT2D eigenvalue weighted by molar-refractivity contribution is 5.94. The van der Waals surface area contributed by atoms with Crippen LogP contribution in [0.25, 0.3) is 0 Å². The van der Waals surface area contributed by atoms with Crippen molar-refractivity contribution < 1.29 is 27.7 Å². The van der Waals surface area contributed by atoms with Gasteiger partial charge in [0.1, 0.15) is 11.5 Å². The van der Waals surface area contributed by atoms with Crippen molar-refractivity contribution in [2.24, 2.45) is 5.73 Å². The maximum absolute atomic E-state index is 13.4. The first-order chi connectivity index (χ1) is 12.1. The minimum Gasteiger partial charge on any atom is -0.370 e. The summed E-state index contributed by atoms with van der Waals surface area (Å²) in [5, 5.41) is 6.20. The summed E-state index contributed by atoms with van der Waals surface area (Å²) in [5.41, 5.74) is 5.07. The Balaban J connectivity index is 2.23. The van der Waals surface area contributed by atoms with E-state index in [-0.39, 0.29) is 36.8 Å². The Bertz CT molecular complexity index is 629. The first-order valence-corrected chi connectivity index (χ1v) is 8.53. The molecule has 0 aliphatic heterocycles. The Labute approximate surface area is 150 Å². The number of hydrogen-bond acceptors (Lipinski definition) is 5. The fourth-order valence-electron chi connectivity index (χ4n) is 2.11. The SMILES string of the molecule is CC(C)c1cc(C(=O)CCCNC(=O)CCC(F)(F)CCC(N)=O)no1. The summed E-state index contributed by atoms with van der Waals surface area (Å²) >= 11 is 0. The first kappa shape index (κ1) is 21.7. The van der Waals surface area contributed by atoms with E-state index in [0.717, 1.165) is 0 Å². The van der Waals surface area contributed by atoms with E-state index in [4.69, 9.17) is 10.3 Å². The van der Waals surface area contributed by atoms with Crippen molar-refractivity contribution in [2.75, 3.05) is 6.54 Å². The summed E-state index contributed by atoms with van der Waals surface area (Å²) in [4.78, 5) is 34.0. The number of nitrogens with one attached hydrogen (secondary N) is 1. The van der Waals surface area contributed by atoms with E-state index in [1.807, 2.05) is 13.8 Å². The van der Waals surface area contributed by atoms with Crippen LogP contribution in [0.3, 0.4) is 0 Å². The van der Waals surface area contributed by atoms with Crippen molar-refractivity contribution >= 4 is 17.6 Å². The van der Waals surface area contributed by atoms with Crippen molar-refractivity contribution in [3.63, 3.8) is 0 Å². The highest BCUT2D eigenvalue weighted by Crippen LogP contribution is 2.25. The normalized spacial score (nSPS) is 11.6. The van der Waals surface area contributed by atoms with Gasteiger partial charge in [-0.15, -0.1) is 0 Å². The minimum absolute atomic E-state index is 0.129. The van der Waals surface area contributed by atoms with Gasteiger partial charge in [0, 0.05) is 50.6 Å². The highest BCUT2D eigenvalue weighted by atomic mass is 19.3. The number of rotatable bonds is 12. The molecule has 1 rings (SSSR count). The average molecular weight is 373 g/mol. The predicted molar refractivity (Wildman–Crippen MR) is 89.8 cm³/mol. The van der Waals surface area contributed by atoms with E-state index in [1.165, 1.54) is 0 Å². The van der Waals surface area contributed by atoms with Gasteiger partial charge in [-0.2, -0.15) is 0 Å². The summed E-state index contributed by atoms with van der Waals surface area (Å²) in [6, 6.07) is 1.60. The van der Waals surface area contributed by atoms with E-state index >= 15 is 0 Å². The molecule has 0 aliphatic rings. The number of carbonyl (C=O) groups excluding carboxylic acids is 3. The summed E-state index contributed by atoms with van der Waals surface area (Å²) in [5.74, 6) is -3.88. The molecule has 26 heavy (non-hydrogen) atoms. The molecule has 0 bridgehead atoms. The lowest BCUT2D eigenvalue weighted by Gasteiger charge is -2.15. The van der Waals surface area contributed by atoms with Crippen LogP contribution < -0.4 is 11.1 Å². The number of ketones is 1. The molecule has 0 unspecified atom stereocenters. The molecule has 0 radical (unpaired) electrons. The van der Waals surface area contributed by atoms with Crippen LogP contribution in [0.2, 0.25) is 0 Å². The Morgan fingerprint density at radius 3 is 2.46 bits per heavy atom. The van der Waals surface area contributed by atoms with E-state index in [0.29, 0.717) is 12.2 Å². The van der Waals surface area contributed by atoms with Crippen LogP contribution in [-0.2, 0) is 9.59 Å². The van der Waals surface area contributed by atoms with Crippen LogP contribution in [0.5, 0.6) is 0 Å². The van der Waals surface area contributed by atoms with Gasteiger partial charge in [0.2, 0.25) is 17.7 Å². The molecule has 0 saturated heterocycles. The van der Waals surface area contributed by atoms with Crippen molar-refractivity contribution in [3.05, 3.63) is 17.5 Å². The lowest BCUT2D eigenvalue weighted by molar-refractivity contribution is -0.124. The van der Waals surface area contributed by atoms with Gasteiger partial charge in [-0.25, -0.2) is 8.78 Å². The number of halogens is 2. The first-order valence-electron chi connectivity index (χ1n) is 8.53. The molecule has 9 heteroatoms. The van der Waals surface area contributed by atoms with Gasteiger partial charge in [0.25, 0.3) is 0 Å². The topological polar surface area (TPSA) is 115 Å². The lowest BCUT2D eigenvalue weighted by Crippen LogP contribution is -2.28. The third kappa shape index (κ3) is 8.17. The molecule has 2 amide bonds. The number of alkyl halides is 2. The van der Waals surface area contributed by atoms with Crippen LogP contribution in [-0.4, -0.2) is 35.2 Å². The Morgan fingerprint density at radius 2 is 1.88 bits per heavy atom. The Kier molecular flexibility index (Phi) is 8.34. The fraction of sp³-hybridized carbons (Fsp3) is 0.647. The number of nitrogens with two attached hydrogens (primary N) is 1. The number of Topliss-reactive ketones (excluding diaryl/α,β-unsaturated/α-hetero) is 1. The second kappa shape index (κ2) is 9.98. The molecular formula is C17H25F2N3O4. The second-order valence-corrected chi connectivity index (χ2v) is 6.47. The minimum atomic E-state index is -3.11. The zero-order valence-corrected chi connectivity index (χ0v) is 15.0. The van der Waals surface area contributed by atoms with Crippen molar-refractivity contribution in [2.45, 2.75) is 64.2 Å². The van der Waals surface area contributed by atoms with Crippen molar-refractivity contribution in [3.8, 4) is 0 Å². The Morgan fingerprint density at radius 1 is 1.23 bits per heavy atom. The number of carbonyl (C=O) groups is 3. The average Bonchev–Trinajstić information content (AvgIpc) is 3.05. The maximum Gasteiger partial charge on any atom is 0.249 e. The zero-order chi connectivity index (χ0) is 19.7. The maximum atomic E-state index is 13.4. The summed E-state index contributed by atoms with van der Waals surface area (Å²) < 4.78 is 31.9. The lowest BCUT2D eigenvalue weighted by atomic mass is 10.1. The number of aromatic nitrogens is 1. The zero-order valence-electron chi connectivity index (χ0n) is 15.0. The van der Waals surface area contributed by atoms with Crippen LogP contribution in [0.15, 0.2) is 10.6 Å². The predicted octanol–water partition coefficient (Wildman–Crippen LogP) is 2.56. The highest BCUT2D eigenvalue weighted by Gasteiger charge is 2.29. The van der Waals surface area contributed by atoms with E-state index in [1.54, 1.807) is 6.07 Å². The molecular weight excluding hydrogens is 348 g/mol. The fourth-order valence-corrected chi connectivity index (χ4v) is 2.11. The molecule has 0 aliphatic carbocycles. The van der Waals surface area contributed by atoms with Crippen molar-refractivity contribution in [1.29, 1.82) is 0 Å². The molecule has 1 heterocycles. The van der Waals surface area contributed by atoms with Crippen LogP contribution in [0.1, 0.15) is 74.5 Å². The second-order valence-electron chi connectivity index (χ2n) is 6.47. The molecule has 0 atom stereocenters. The van der Waals surface area contributed by atoms with Gasteiger partial charge >= 0.3 is 0 Å². The number of primary amides is 1. The van der Waals surface area contributed by atoms with Gasteiger partial charge < -0.3 is 15.6 Å². The molecule has 0 fully saturated rings. The third-order valence-electron chi connectivity index (χ3n) is 3.74. The molecule has 0 aromatic carbocycles. The number of nitrogens with zero attached hydrogens (tertiary/aromatic N) is 1. The molecule has 0 saturated carbocycles. The quantitative estimate of drug-likeness (QED) is 0.431. The van der Waals surface area contributed by atoms with Gasteiger partial charge in [-0.1, -0.05) is 19.0 Å². The van der Waals surface area contributed by atoms with E-state index < -0.39 is 37.0 Å². The largest absolute Gasteiger partial charge is 0.370 e. The monoisotopic (exact) mass is 373 g/mol. The summed E-state index contributed by atoms with van der Waals surface area (Å²) in [7, 11) is 0. The molecule has 1 aromatic heterocycles.